The molecule has 1 saturated heterocycles. The molecule has 290 valence electrons. The third-order valence-electron chi connectivity index (χ3n) is 9.86. The molecular formula is C42H43N5O7S2. The molecule has 2 aliphatic heterocycles. The molecular weight excluding hydrogens is 751 g/mol. The molecule has 0 atom stereocenters. The second kappa shape index (κ2) is 18.5. The van der Waals surface area contributed by atoms with Gasteiger partial charge in [-0.05, 0) is 105 Å². The van der Waals surface area contributed by atoms with Gasteiger partial charge in [0.05, 0.1) is 37.1 Å². The maximum atomic E-state index is 13.5. The number of benzene rings is 3. The number of nitrogens with zero attached hydrogens (tertiary/aromatic N) is 4. The Morgan fingerprint density at radius 3 is 2.59 bits per heavy atom. The van der Waals surface area contributed by atoms with E-state index in [2.05, 4.69) is 38.0 Å². The number of ether oxygens (including phenoxy) is 3. The summed E-state index contributed by atoms with van der Waals surface area (Å²) in [6.07, 6.45) is 3.97. The number of esters is 1. The van der Waals surface area contributed by atoms with Crippen LogP contribution in [0.25, 0.3) is 10.2 Å². The Morgan fingerprint density at radius 1 is 0.982 bits per heavy atom. The van der Waals surface area contributed by atoms with Gasteiger partial charge < -0.3 is 24.2 Å². The summed E-state index contributed by atoms with van der Waals surface area (Å²) in [7, 11) is 1.36. The molecule has 0 unspecified atom stereocenters. The van der Waals surface area contributed by atoms with Crippen LogP contribution in [0.15, 0.2) is 66.7 Å². The molecule has 2 aliphatic rings. The van der Waals surface area contributed by atoms with E-state index in [-0.39, 0.29) is 12.5 Å². The summed E-state index contributed by atoms with van der Waals surface area (Å²) in [6.45, 7) is 4.44. The molecule has 5 aromatic rings. The van der Waals surface area contributed by atoms with E-state index in [0.29, 0.717) is 68.0 Å². The highest BCUT2D eigenvalue weighted by atomic mass is 32.1. The van der Waals surface area contributed by atoms with Crippen LogP contribution < -0.4 is 15.0 Å². The Kier molecular flexibility index (Phi) is 12.9. The molecule has 12 nitrogen and oxygen atoms in total. The Morgan fingerprint density at radius 2 is 1.80 bits per heavy atom. The average molecular weight is 794 g/mol. The minimum absolute atomic E-state index is 0.201. The Hall–Kier alpha value is -5.33. The predicted octanol–water partition coefficient (Wildman–Crippen LogP) is 6.53. The number of aliphatic carboxylic acids is 1. The molecule has 1 amide bonds. The third kappa shape index (κ3) is 9.90. The number of carbonyl (C=O) groups is 3. The van der Waals surface area contributed by atoms with Gasteiger partial charge in [-0.15, -0.1) is 11.3 Å². The zero-order chi connectivity index (χ0) is 38.9. The van der Waals surface area contributed by atoms with Gasteiger partial charge in [-0.2, -0.15) is 0 Å². The smallest absolute Gasteiger partial charge is 0.357 e. The van der Waals surface area contributed by atoms with Gasteiger partial charge in [0, 0.05) is 29.1 Å². The zero-order valence-corrected chi connectivity index (χ0v) is 32.8. The molecule has 2 aromatic heterocycles. The lowest BCUT2D eigenvalue weighted by Crippen LogP contribution is -2.35. The monoisotopic (exact) mass is 793 g/mol. The minimum atomic E-state index is -0.933. The number of thiazole rings is 2. The number of fused-ring (bicyclic) bond motifs is 2. The number of amides is 1. The first kappa shape index (κ1) is 38.9. The quantitative estimate of drug-likeness (QED) is 0.0720. The number of carbonyl (C=O) groups excluding carboxylic acids is 2. The molecule has 0 radical (unpaired) electrons. The number of aryl methyl sites for hydroxylation is 1. The SMILES string of the molecule is COC(=O)c1nc(N2CCc3cccc(C(=O)Nc4nc5ccccc5s4)c3C2)sc1CCCOc1ccc(C#CCN2CCC(COCC(=O)O)CC2)cc1. The van der Waals surface area contributed by atoms with Crippen molar-refractivity contribution in [3.05, 3.63) is 99.6 Å². The van der Waals surface area contributed by atoms with Gasteiger partial charge in [0.25, 0.3) is 5.91 Å². The van der Waals surface area contributed by atoms with Gasteiger partial charge in [0.1, 0.15) is 12.4 Å². The molecule has 0 aliphatic carbocycles. The van der Waals surface area contributed by atoms with E-state index in [1.54, 1.807) is 0 Å². The topological polar surface area (TPSA) is 143 Å². The molecule has 56 heavy (non-hydrogen) atoms. The van der Waals surface area contributed by atoms with E-state index in [1.807, 2.05) is 60.7 Å². The lowest BCUT2D eigenvalue weighted by atomic mass is 9.94. The standard InChI is InChI=1S/C42H43N5O7S2/c1-52-40(51)38-36(12-6-24-54-31-15-13-28(14-16-31)7-5-20-46-21-17-29(18-22-46)26-53-27-37(48)49)56-42(44-38)47-23-19-30-8-4-9-32(33(30)25-47)39(50)45-41-43-34-10-2-3-11-35(34)55-41/h2-4,8-11,13-16,29H,6,12,17-27H2,1H3,(H,48,49)(H,43,45,50). The normalized spacial score (nSPS) is 14.5. The van der Waals surface area contributed by atoms with Gasteiger partial charge in [-0.1, -0.05) is 47.4 Å². The summed E-state index contributed by atoms with van der Waals surface area (Å²) < 4.78 is 17.4. The van der Waals surface area contributed by atoms with E-state index in [4.69, 9.17) is 24.3 Å². The predicted molar refractivity (Wildman–Crippen MR) is 217 cm³/mol. The van der Waals surface area contributed by atoms with Crippen LogP contribution in [0.2, 0.25) is 0 Å². The molecule has 1 fully saturated rings. The highest BCUT2D eigenvalue weighted by molar-refractivity contribution is 7.22. The lowest BCUT2D eigenvalue weighted by molar-refractivity contribution is -0.142. The third-order valence-corrected chi connectivity index (χ3v) is 12.0. The molecule has 0 spiro atoms. The van der Waals surface area contributed by atoms with Crippen molar-refractivity contribution >= 4 is 61.0 Å². The van der Waals surface area contributed by atoms with Crippen molar-refractivity contribution < 1.29 is 33.7 Å². The minimum Gasteiger partial charge on any atom is -0.494 e. The van der Waals surface area contributed by atoms with E-state index in [9.17, 15) is 14.4 Å². The summed E-state index contributed by atoms with van der Waals surface area (Å²) in [4.78, 5) is 51.6. The van der Waals surface area contributed by atoms with Crippen LogP contribution >= 0.6 is 22.7 Å². The van der Waals surface area contributed by atoms with Gasteiger partial charge in [-0.25, -0.2) is 19.6 Å². The van der Waals surface area contributed by atoms with Gasteiger partial charge >= 0.3 is 11.9 Å². The van der Waals surface area contributed by atoms with Crippen molar-refractivity contribution in [1.29, 1.82) is 0 Å². The first-order valence-electron chi connectivity index (χ1n) is 18.7. The number of hydrogen-bond acceptors (Lipinski definition) is 12. The maximum absolute atomic E-state index is 13.5. The van der Waals surface area contributed by atoms with Gasteiger partial charge in [-0.3, -0.25) is 15.0 Å². The number of carboxylic acids is 1. The number of piperidine rings is 1. The fourth-order valence-electron chi connectivity index (χ4n) is 6.88. The van der Waals surface area contributed by atoms with Crippen LogP contribution in [0.3, 0.4) is 0 Å². The van der Waals surface area contributed by atoms with Crippen LogP contribution in [0.4, 0.5) is 10.3 Å². The number of nitrogens with one attached hydrogen (secondary N) is 1. The fourth-order valence-corrected chi connectivity index (χ4v) is 8.86. The summed E-state index contributed by atoms with van der Waals surface area (Å²) in [5, 5.41) is 13.0. The Balaban J connectivity index is 0.905. The molecule has 3 aromatic carbocycles. The molecule has 0 saturated carbocycles. The van der Waals surface area contributed by atoms with Crippen molar-refractivity contribution in [3.8, 4) is 17.6 Å². The average Bonchev–Trinajstić information content (AvgIpc) is 3.84. The number of carboxylic acid groups (broad SMARTS) is 1. The van der Waals surface area contributed by atoms with Crippen LogP contribution in [0.1, 0.15) is 61.7 Å². The van der Waals surface area contributed by atoms with Crippen LogP contribution in [-0.2, 0) is 33.7 Å². The highest BCUT2D eigenvalue weighted by Crippen LogP contribution is 2.34. The first-order valence-corrected chi connectivity index (χ1v) is 20.3. The van der Waals surface area contributed by atoms with Crippen LogP contribution in [0.5, 0.6) is 5.75 Å². The van der Waals surface area contributed by atoms with Crippen LogP contribution in [-0.4, -0.2) is 90.9 Å². The Labute approximate surface area is 333 Å². The molecule has 0 bridgehead atoms. The number of anilines is 2. The number of hydrogen-bond donors (Lipinski definition) is 2. The van der Waals surface area contributed by atoms with Crippen molar-refractivity contribution in [2.75, 3.05) is 63.3 Å². The highest BCUT2D eigenvalue weighted by Gasteiger charge is 2.27. The number of methoxy groups -OCH3 is 1. The van der Waals surface area contributed by atoms with Crippen molar-refractivity contribution in [3.63, 3.8) is 0 Å². The van der Waals surface area contributed by atoms with Crippen LogP contribution in [0, 0.1) is 17.8 Å². The van der Waals surface area contributed by atoms with E-state index >= 15 is 0 Å². The number of aromatic nitrogens is 2. The molecule has 4 heterocycles. The second-order valence-electron chi connectivity index (χ2n) is 13.7. The first-order chi connectivity index (χ1) is 27.3. The number of likely N-dealkylation sites (tertiary alicyclic amines) is 1. The Bertz CT molecular complexity index is 2200. The van der Waals surface area contributed by atoms with E-state index < -0.39 is 11.9 Å². The van der Waals surface area contributed by atoms with Crippen molar-refractivity contribution in [2.45, 2.75) is 38.6 Å². The number of para-hydroxylation sites is 1. The summed E-state index contributed by atoms with van der Waals surface area (Å²) >= 11 is 2.93. The van der Waals surface area contributed by atoms with Gasteiger partial charge in [0.15, 0.2) is 16.0 Å². The van der Waals surface area contributed by atoms with Crippen molar-refractivity contribution in [2.24, 2.45) is 5.92 Å². The van der Waals surface area contributed by atoms with Gasteiger partial charge in [0.2, 0.25) is 0 Å². The molecule has 14 heteroatoms. The fraction of sp³-hybridized carbons (Fsp3) is 0.357. The van der Waals surface area contributed by atoms with E-state index in [0.717, 1.165) is 75.0 Å². The van der Waals surface area contributed by atoms with Crippen molar-refractivity contribution in [1.82, 2.24) is 14.9 Å². The molecule has 2 N–H and O–H groups in total. The largest absolute Gasteiger partial charge is 0.494 e. The molecule has 7 rings (SSSR count). The summed E-state index contributed by atoms with van der Waals surface area (Å²) in [5.74, 6) is 6.03. The zero-order valence-electron chi connectivity index (χ0n) is 31.1. The lowest BCUT2D eigenvalue weighted by Gasteiger charge is -2.30. The summed E-state index contributed by atoms with van der Waals surface area (Å²) in [5.41, 5.74) is 4.74. The summed E-state index contributed by atoms with van der Waals surface area (Å²) in [6, 6.07) is 21.4. The number of rotatable bonds is 14. The van der Waals surface area contributed by atoms with E-state index in [1.165, 1.54) is 29.8 Å². The second-order valence-corrected chi connectivity index (χ2v) is 15.8. The maximum Gasteiger partial charge on any atom is 0.357 e.